The molecule has 24 heavy (non-hydrogen) atoms. The molecule has 0 saturated heterocycles. The fourth-order valence-corrected chi connectivity index (χ4v) is 3.71. The number of carboxylic acid groups (broad SMARTS) is 1. The molecule has 3 rings (SSSR count). The molecule has 1 aromatic carbocycles. The van der Waals surface area contributed by atoms with Crippen molar-refractivity contribution in [2.24, 2.45) is 0 Å². The van der Waals surface area contributed by atoms with Crippen LogP contribution in [0.15, 0.2) is 47.4 Å². The van der Waals surface area contributed by atoms with Gasteiger partial charge in [0, 0.05) is 12.3 Å². The number of hydrogen-bond donors (Lipinski definition) is 2. The zero-order chi connectivity index (χ0) is 17.5. The monoisotopic (exact) mass is 348 g/mol. The Kier molecular flexibility index (Phi) is 3.60. The van der Waals surface area contributed by atoms with Gasteiger partial charge in [0.2, 0.25) is 10.0 Å². The van der Waals surface area contributed by atoms with E-state index in [-0.39, 0.29) is 17.2 Å². The van der Waals surface area contributed by atoms with Crippen LogP contribution in [0.4, 0.5) is 5.82 Å². The van der Waals surface area contributed by atoms with Crippen molar-refractivity contribution in [2.45, 2.75) is 5.75 Å². The molecular formula is C14H12N4O5S. The van der Waals surface area contributed by atoms with E-state index in [1.54, 1.807) is 30.3 Å². The van der Waals surface area contributed by atoms with Gasteiger partial charge < -0.3 is 10.8 Å². The van der Waals surface area contributed by atoms with E-state index < -0.39 is 27.1 Å². The molecule has 3 N–H and O–H groups in total. The minimum absolute atomic E-state index is 0.0988. The second-order valence-corrected chi connectivity index (χ2v) is 6.88. The average molecular weight is 348 g/mol. The van der Waals surface area contributed by atoms with Crippen LogP contribution < -0.4 is 11.3 Å². The summed E-state index contributed by atoms with van der Waals surface area (Å²) in [5.41, 5.74) is 4.23. The Morgan fingerprint density at radius 2 is 1.92 bits per heavy atom. The smallest absolute Gasteiger partial charge is 0.342 e. The largest absolute Gasteiger partial charge is 0.477 e. The highest BCUT2D eigenvalue weighted by Crippen LogP contribution is 2.15. The number of carbonyl (C=O) groups is 1. The van der Waals surface area contributed by atoms with Crippen LogP contribution in [0, 0.1) is 0 Å². The summed E-state index contributed by atoms with van der Waals surface area (Å²) in [6, 6.07) is 9.56. The van der Waals surface area contributed by atoms with Gasteiger partial charge >= 0.3 is 5.97 Å². The number of carboxylic acids is 1. The van der Waals surface area contributed by atoms with E-state index in [0.29, 0.717) is 14.1 Å². The van der Waals surface area contributed by atoms with Crippen LogP contribution in [0.25, 0.3) is 5.65 Å². The van der Waals surface area contributed by atoms with Crippen LogP contribution in [0.2, 0.25) is 0 Å². The van der Waals surface area contributed by atoms with Gasteiger partial charge in [-0.25, -0.2) is 17.2 Å². The van der Waals surface area contributed by atoms with Gasteiger partial charge in [-0.2, -0.15) is 4.52 Å². The van der Waals surface area contributed by atoms with Crippen LogP contribution in [-0.2, 0) is 15.8 Å². The van der Waals surface area contributed by atoms with Gasteiger partial charge in [0.15, 0.2) is 5.65 Å². The molecule has 0 fully saturated rings. The number of aromatic carboxylic acids is 1. The molecule has 0 aliphatic carbocycles. The lowest BCUT2D eigenvalue weighted by molar-refractivity contribution is 0.0694. The summed E-state index contributed by atoms with van der Waals surface area (Å²) >= 11 is 0. The van der Waals surface area contributed by atoms with Crippen molar-refractivity contribution in [2.75, 3.05) is 5.73 Å². The normalized spacial score (nSPS) is 11.7. The summed E-state index contributed by atoms with van der Waals surface area (Å²) in [4.78, 5) is 23.3. The molecule has 9 nitrogen and oxygen atoms in total. The number of nitrogen functional groups attached to an aromatic ring is 1. The number of hydrogen-bond acceptors (Lipinski definition) is 6. The Morgan fingerprint density at radius 3 is 2.54 bits per heavy atom. The van der Waals surface area contributed by atoms with Gasteiger partial charge in [-0.3, -0.25) is 4.79 Å². The maximum absolute atomic E-state index is 12.7. The number of rotatable bonds is 4. The van der Waals surface area contributed by atoms with Gasteiger partial charge in [0.1, 0.15) is 11.4 Å². The Balaban J connectivity index is 2.27. The minimum Gasteiger partial charge on any atom is -0.477 e. The van der Waals surface area contributed by atoms with E-state index in [2.05, 4.69) is 5.10 Å². The maximum Gasteiger partial charge on any atom is 0.342 e. The molecule has 2 heterocycles. The van der Waals surface area contributed by atoms with Crippen LogP contribution >= 0.6 is 0 Å². The van der Waals surface area contributed by atoms with Gasteiger partial charge in [-0.15, -0.1) is 5.10 Å². The van der Waals surface area contributed by atoms with Crippen LogP contribution in [0.1, 0.15) is 15.9 Å². The summed E-state index contributed by atoms with van der Waals surface area (Å²) in [7, 11) is -4.00. The van der Waals surface area contributed by atoms with Crippen LogP contribution in [-0.4, -0.2) is 33.1 Å². The predicted octanol–water partition coefficient (Wildman–Crippen LogP) is 0.155. The van der Waals surface area contributed by atoms with Crippen molar-refractivity contribution in [1.82, 2.24) is 13.6 Å². The third-order valence-corrected chi connectivity index (χ3v) is 4.92. The second kappa shape index (κ2) is 5.49. The molecule has 10 heteroatoms. The Labute approximate surface area is 135 Å². The van der Waals surface area contributed by atoms with Crippen LogP contribution in [0.5, 0.6) is 0 Å². The van der Waals surface area contributed by atoms with E-state index in [9.17, 15) is 18.0 Å². The summed E-state index contributed by atoms with van der Waals surface area (Å²) < 4.78 is 26.8. The number of aromatic nitrogens is 3. The minimum atomic E-state index is -4.00. The molecule has 3 aromatic rings. The third-order valence-electron chi connectivity index (χ3n) is 3.33. The highest BCUT2D eigenvalue weighted by atomic mass is 32.2. The van der Waals surface area contributed by atoms with Crippen LogP contribution in [0.3, 0.4) is 0 Å². The number of nitrogens with zero attached hydrogens (tertiary/aromatic N) is 3. The van der Waals surface area contributed by atoms with Crippen molar-refractivity contribution < 1.29 is 18.3 Å². The van der Waals surface area contributed by atoms with E-state index in [1.807, 2.05) is 0 Å². The van der Waals surface area contributed by atoms with Crippen molar-refractivity contribution in [1.29, 1.82) is 0 Å². The molecule has 0 atom stereocenters. The van der Waals surface area contributed by atoms with E-state index in [1.165, 1.54) is 6.07 Å². The maximum atomic E-state index is 12.7. The van der Waals surface area contributed by atoms with E-state index in [0.717, 1.165) is 6.20 Å². The first-order valence-electron chi connectivity index (χ1n) is 6.71. The third kappa shape index (κ3) is 2.63. The SMILES string of the molecule is Nc1cc2n(S(=O)(=O)Cc3ccccc3)cc(C(=O)O)c(=O)n2n1. The van der Waals surface area contributed by atoms with Gasteiger partial charge in [-0.05, 0) is 5.56 Å². The molecule has 0 unspecified atom stereocenters. The second-order valence-electron chi connectivity index (χ2n) is 5.03. The zero-order valence-corrected chi connectivity index (χ0v) is 13.0. The lowest BCUT2D eigenvalue weighted by atomic mass is 10.2. The van der Waals surface area contributed by atoms with E-state index >= 15 is 0 Å². The summed E-state index contributed by atoms with van der Waals surface area (Å²) in [5, 5.41) is 12.8. The Hall–Kier alpha value is -3.14. The van der Waals surface area contributed by atoms with Gasteiger partial charge in [0.05, 0.1) is 5.75 Å². The first kappa shape index (κ1) is 15.7. The first-order valence-corrected chi connectivity index (χ1v) is 8.32. The van der Waals surface area contributed by atoms with E-state index in [4.69, 9.17) is 10.8 Å². The molecule has 0 spiro atoms. The molecule has 124 valence electrons. The lowest BCUT2D eigenvalue weighted by Crippen LogP contribution is -2.28. The Bertz CT molecular complexity index is 1100. The molecule has 0 aliphatic heterocycles. The fourth-order valence-electron chi connectivity index (χ4n) is 2.27. The molecule has 0 aliphatic rings. The number of nitrogens with two attached hydrogens (primary N) is 1. The summed E-state index contributed by atoms with van der Waals surface area (Å²) in [6.07, 6.45) is 0.777. The highest BCUT2D eigenvalue weighted by Gasteiger charge is 2.23. The fraction of sp³-hybridized carbons (Fsp3) is 0.0714. The Morgan fingerprint density at radius 1 is 1.25 bits per heavy atom. The van der Waals surface area contributed by atoms with Crippen molar-refractivity contribution in [3.05, 3.63) is 64.1 Å². The standard InChI is InChI=1S/C14H12N4O5S/c15-11-6-12-17(7-10(14(20)21)13(19)18(12)16-11)24(22,23)8-9-4-2-1-3-5-9/h1-7H,8H2,(H2,15,16)(H,20,21). The lowest BCUT2D eigenvalue weighted by Gasteiger charge is -2.11. The first-order chi connectivity index (χ1) is 11.3. The van der Waals surface area contributed by atoms with Crippen molar-refractivity contribution in [3.63, 3.8) is 0 Å². The van der Waals surface area contributed by atoms with Crippen molar-refractivity contribution >= 4 is 27.5 Å². The molecular weight excluding hydrogens is 336 g/mol. The van der Waals surface area contributed by atoms with Gasteiger partial charge in [0.25, 0.3) is 5.56 Å². The number of anilines is 1. The molecule has 0 radical (unpaired) electrons. The summed E-state index contributed by atoms with van der Waals surface area (Å²) in [6.45, 7) is 0. The zero-order valence-electron chi connectivity index (χ0n) is 12.2. The van der Waals surface area contributed by atoms with Gasteiger partial charge in [-0.1, -0.05) is 30.3 Å². The number of benzene rings is 1. The quantitative estimate of drug-likeness (QED) is 0.685. The topological polar surface area (TPSA) is 137 Å². The highest BCUT2D eigenvalue weighted by molar-refractivity contribution is 7.89. The molecule has 0 amide bonds. The molecule has 2 aromatic heterocycles. The average Bonchev–Trinajstić information content (AvgIpc) is 2.89. The molecule has 0 bridgehead atoms. The molecule has 0 saturated carbocycles. The predicted molar refractivity (Wildman–Crippen MR) is 85.3 cm³/mol. The number of fused-ring (bicyclic) bond motifs is 1. The van der Waals surface area contributed by atoms with Crippen molar-refractivity contribution in [3.8, 4) is 0 Å². The summed E-state index contributed by atoms with van der Waals surface area (Å²) in [5.74, 6) is -2.03.